The Labute approximate surface area is 180 Å². The highest BCUT2D eigenvalue weighted by molar-refractivity contribution is 14.0. The number of benzene rings is 1. The molecule has 1 unspecified atom stereocenters. The largest absolute Gasteiger partial charge is 0.357 e. The molecule has 0 aliphatic carbocycles. The van der Waals surface area contributed by atoms with E-state index in [1.54, 1.807) is 0 Å². The first-order chi connectivity index (χ1) is 12.6. The van der Waals surface area contributed by atoms with Crippen molar-refractivity contribution in [3.05, 3.63) is 35.6 Å². The third-order valence-corrected chi connectivity index (χ3v) is 4.69. The van der Waals surface area contributed by atoms with Crippen LogP contribution in [0.25, 0.3) is 0 Å². The van der Waals surface area contributed by atoms with Crippen LogP contribution in [-0.2, 0) is 6.42 Å². The third-order valence-electron chi connectivity index (χ3n) is 4.69. The molecule has 2 rings (SSSR count). The summed E-state index contributed by atoms with van der Waals surface area (Å²) in [6, 6.07) is 6.68. The molecule has 27 heavy (non-hydrogen) atoms. The van der Waals surface area contributed by atoms with Crippen LogP contribution in [0.4, 0.5) is 4.39 Å². The lowest BCUT2D eigenvalue weighted by Crippen LogP contribution is -2.46. The van der Waals surface area contributed by atoms with Gasteiger partial charge in [-0.05, 0) is 44.0 Å². The van der Waals surface area contributed by atoms with Gasteiger partial charge >= 0.3 is 0 Å². The van der Waals surface area contributed by atoms with Crippen LogP contribution < -0.4 is 10.6 Å². The van der Waals surface area contributed by atoms with Crippen molar-refractivity contribution in [3.8, 4) is 0 Å². The second kappa shape index (κ2) is 13.3. The normalized spacial score (nSPS) is 17.3. The summed E-state index contributed by atoms with van der Waals surface area (Å²) < 4.78 is 13.0. The number of hydrogen-bond acceptors (Lipinski definition) is 3. The van der Waals surface area contributed by atoms with Crippen molar-refractivity contribution in [2.24, 2.45) is 10.9 Å². The number of nitrogens with one attached hydrogen (secondary N) is 2. The average molecular weight is 491 g/mol. The van der Waals surface area contributed by atoms with E-state index in [2.05, 4.69) is 41.3 Å². The van der Waals surface area contributed by atoms with Gasteiger partial charge in [-0.25, -0.2) is 4.39 Å². The second-order valence-electron chi connectivity index (χ2n) is 7.23. The van der Waals surface area contributed by atoms with Crippen molar-refractivity contribution >= 4 is 29.9 Å². The molecule has 7 heteroatoms. The SMILES string of the molecule is CCNC(=NCC(C)CN1CCN(C)CC1)NCCc1ccc(F)cc1.I. The summed E-state index contributed by atoms with van der Waals surface area (Å²) in [5, 5.41) is 6.67. The maximum absolute atomic E-state index is 13.0. The Morgan fingerprint density at radius 1 is 1.15 bits per heavy atom. The number of aliphatic imine (C=N–C) groups is 1. The standard InChI is InChI=1S/C20H34FN5.HI/c1-4-22-20(23-10-9-18-5-7-19(21)8-6-18)24-15-17(2)16-26-13-11-25(3)12-14-26;/h5-8,17H,4,9-16H2,1-3H3,(H2,22,23,24);1H. The zero-order chi connectivity index (χ0) is 18.8. The quantitative estimate of drug-likeness (QED) is 0.333. The van der Waals surface area contributed by atoms with Crippen LogP contribution in [0, 0.1) is 11.7 Å². The van der Waals surface area contributed by atoms with Crippen LogP contribution in [0.15, 0.2) is 29.3 Å². The second-order valence-corrected chi connectivity index (χ2v) is 7.23. The molecule has 1 heterocycles. The van der Waals surface area contributed by atoms with E-state index in [-0.39, 0.29) is 29.8 Å². The molecule has 5 nitrogen and oxygen atoms in total. The van der Waals surface area contributed by atoms with Gasteiger partial charge in [0.25, 0.3) is 0 Å². The molecule has 0 amide bonds. The van der Waals surface area contributed by atoms with Crippen LogP contribution in [-0.4, -0.2) is 75.2 Å². The molecular formula is C20H35FIN5. The number of likely N-dealkylation sites (N-methyl/N-ethyl adjacent to an activating group) is 1. The van der Waals surface area contributed by atoms with E-state index < -0.39 is 0 Å². The first-order valence-electron chi connectivity index (χ1n) is 9.74. The monoisotopic (exact) mass is 491 g/mol. The van der Waals surface area contributed by atoms with Crippen molar-refractivity contribution in [1.29, 1.82) is 0 Å². The fourth-order valence-electron chi connectivity index (χ4n) is 3.09. The molecule has 0 radical (unpaired) electrons. The first-order valence-corrected chi connectivity index (χ1v) is 9.74. The van der Waals surface area contributed by atoms with E-state index in [1.807, 2.05) is 12.1 Å². The van der Waals surface area contributed by atoms with Gasteiger partial charge in [0.2, 0.25) is 0 Å². The summed E-state index contributed by atoms with van der Waals surface area (Å²) >= 11 is 0. The Kier molecular flexibility index (Phi) is 11.9. The molecule has 2 N–H and O–H groups in total. The van der Waals surface area contributed by atoms with Crippen LogP contribution >= 0.6 is 24.0 Å². The number of guanidine groups is 1. The maximum Gasteiger partial charge on any atom is 0.191 e. The third kappa shape index (κ3) is 9.71. The van der Waals surface area contributed by atoms with Crippen molar-refractivity contribution in [1.82, 2.24) is 20.4 Å². The lowest BCUT2D eigenvalue weighted by molar-refractivity contribution is 0.140. The lowest BCUT2D eigenvalue weighted by atomic mass is 10.1. The lowest BCUT2D eigenvalue weighted by Gasteiger charge is -2.33. The molecule has 0 aromatic heterocycles. The molecule has 1 fully saturated rings. The van der Waals surface area contributed by atoms with E-state index >= 15 is 0 Å². The molecule has 1 atom stereocenters. The first kappa shape index (κ1) is 24.1. The minimum Gasteiger partial charge on any atom is -0.357 e. The Hall–Kier alpha value is -0.930. The summed E-state index contributed by atoms with van der Waals surface area (Å²) in [6.45, 7) is 12.5. The van der Waals surface area contributed by atoms with Gasteiger partial charge < -0.3 is 20.4 Å². The molecule has 154 valence electrons. The predicted octanol–water partition coefficient (Wildman–Crippen LogP) is 2.42. The van der Waals surface area contributed by atoms with Gasteiger partial charge in [-0.1, -0.05) is 19.1 Å². The number of piperazine rings is 1. The summed E-state index contributed by atoms with van der Waals surface area (Å²) in [6.07, 6.45) is 0.849. The van der Waals surface area contributed by atoms with Gasteiger partial charge in [-0.3, -0.25) is 4.99 Å². The van der Waals surface area contributed by atoms with E-state index in [4.69, 9.17) is 4.99 Å². The highest BCUT2D eigenvalue weighted by atomic mass is 127. The van der Waals surface area contributed by atoms with E-state index in [1.165, 1.54) is 12.1 Å². The fourth-order valence-corrected chi connectivity index (χ4v) is 3.09. The number of nitrogens with zero attached hydrogens (tertiary/aromatic N) is 3. The smallest absolute Gasteiger partial charge is 0.191 e. The highest BCUT2D eigenvalue weighted by Gasteiger charge is 2.15. The summed E-state index contributed by atoms with van der Waals surface area (Å²) in [5.74, 6) is 1.21. The molecular weight excluding hydrogens is 456 g/mol. The zero-order valence-electron chi connectivity index (χ0n) is 16.9. The predicted molar refractivity (Wildman–Crippen MR) is 123 cm³/mol. The van der Waals surface area contributed by atoms with Gasteiger partial charge in [0.15, 0.2) is 5.96 Å². The van der Waals surface area contributed by atoms with Gasteiger partial charge in [-0.2, -0.15) is 0 Å². The van der Waals surface area contributed by atoms with Crippen molar-refractivity contribution in [2.75, 3.05) is 59.4 Å². The molecule has 1 aromatic carbocycles. The molecule has 1 aromatic rings. The molecule has 1 aliphatic rings. The molecule has 1 saturated heterocycles. The van der Waals surface area contributed by atoms with Crippen LogP contribution in [0.5, 0.6) is 0 Å². The highest BCUT2D eigenvalue weighted by Crippen LogP contribution is 2.05. The summed E-state index contributed by atoms with van der Waals surface area (Å²) in [5.41, 5.74) is 1.12. The number of halogens is 2. The zero-order valence-corrected chi connectivity index (χ0v) is 19.2. The topological polar surface area (TPSA) is 42.9 Å². The van der Waals surface area contributed by atoms with Gasteiger partial charge in [0, 0.05) is 52.4 Å². The molecule has 0 saturated carbocycles. The Bertz CT molecular complexity index is 544. The van der Waals surface area contributed by atoms with Gasteiger partial charge in [-0.15, -0.1) is 24.0 Å². The summed E-state index contributed by atoms with van der Waals surface area (Å²) in [4.78, 5) is 9.66. The van der Waals surface area contributed by atoms with Crippen LogP contribution in [0.2, 0.25) is 0 Å². The maximum atomic E-state index is 13.0. The van der Waals surface area contributed by atoms with E-state index in [0.717, 1.165) is 70.3 Å². The summed E-state index contributed by atoms with van der Waals surface area (Å²) in [7, 11) is 2.19. The van der Waals surface area contributed by atoms with E-state index in [9.17, 15) is 4.39 Å². The Balaban J connectivity index is 0.00000364. The molecule has 0 bridgehead atoms. The van der Waals surface area contributed by atoms with Crippen LogP contribution in [0.3, 0.4) is 0 Å². The van der Waals surface area contributed by atoms with Gasteiger partial charge in [0.1, 0.15) is 5.82 Å². The molecule has 1 aliphatic heterocycles. The minimum absolute atomic E-state index is 0. The van der Waals surface area contributed by atoms with Gasteiger partial charge in [0.05, 0.1) is 0 Å². The van der Waals surface area contributed by atoms with Crippen molar-refractivity contribution in [3.63, 3.8) is 0 Å². The minimum atomic E-state index is -0.189. The molecule has 0 spiro atoms. The van der Waals surface area contributed by atoms with Crippen molar-refractivity contribution in [2.45, 2.75) is 20.3 Å². The fraction of sp³-hybridized carbons (Fsp3) is 0.650. The van der Waals surface area contributed by atoms with Crippen molar-refractivity contribution < 1.29 is 4.39 Å². The number of rotatable bonds is 8. The average Bonchev–Trinajstić information content (AvgIpc) is 2.63. The van der Waals surface area contributed by atoms with Crippen LogP contribution in [0.1, 0.15) is 19.4 Å². The number of hydrogen-bond donors (Lipinski definition) is 2. The Morgan fingerprint density at radius 3 is 2.44 bits per heavy atom. The Morgan fingerprint density at radius 2 is 1.81 bits per heavy atom. The van der Waals surface area contributed by atoms with E-state index in [0.29, 0.717) is 5.92 Å².